The molecule has 0 bridgehead atoms. The number of carbonyl (C=O) groups excluding carboxylic acids is 1. The lowest BCUT2D eigenvalue weighted by Crippen LogP contribution is -2.51. The second kappa shape index (κ2) is 6.21. The zero-order valence-electron chi connectivity index (χ0n) is 10.9. The van der Waals surface area contributed by atoms with Gasteiger partial charge in [-0.2, -0.15) is 0 Å². The van der Waals surface area contributed by atoms with Gasteiger partial charge in [0.25, 0.3) is 0 Å². The maximum atomic E-state index is 11.9. The molecule has 1 atom stereocenters. The molecule has 4 nitrogen and oxygen atoms in total. The number of nitrogens with one attached hydrogen (secondary N) is 2. The minimum atomic E-state index is -0.0366. The minimum absolute atomic E-state index is 0.0366. The van der Waals surface area contributed by atoms with Crippen LogP contribution in [0.3, 0.4) is 0 Å². The monoisotopic (exact) mass is 227 g/mol. The summed E-state index contributed by atoms with van der Waals surface area (Å²) in [5.41, 5.74) is 0. The van der Waals surface area contributed by atoms with Crippen molar-refractivity contribution in [2.24, 2.45) is 0 Å². The van der Waals surface area contributed by atoms with Crippen molar-refractivity contribution in [3.63, 3.8) is 0 Å². The van der Waals surface area contributed by atoms with Crippen molar-refractivity contribution in [3.8, 4) is 0 Å². The van der Waals surface area contributed by atoms with Gasteiger partial charge >= 0.3 is 0 Å². The van der Waals surface area contributed by atoms with Crippen LogP contribution >= 0.6 is 0 Å². The highest BCUT2D eigenvalue weighted by Crippen LogP contribution is 2.12. The van der Waals surface area contributed by atoms with Crippen molar-refractivity contribution in [1.29, 1.82) is 0 Å². The third-order valence-electron chi connectivity index (χ3n) is 3.31. The molecule has 1 amide bonds. The van der Waals surface area contributed by atoms with Gasteiger partial charge in [-0.05, 0) is 53.8 Å². The van der Waals surface area contributed by atoms with Gasteiger partial charge in [-0.1, -0.05) is 0 Å². The first-order valence-corrected chi connectivity index (χ1v) is 6.25. The fourth-order valence-electron chi connectivity index (χ4n) is 2.12. The number of amides is 1. The van der Waals surface area contributed by atoms with E-state index in [1.807, 2.05) is 20.8 Å². The molecule has 0 aliphatic carbocycles. The van der Waals surface area contributed by atoms with Gasteiger partial charge in [0, 0.05) is 12.1 Å². The van der Waals surface area contributed by atoms with Crippen LogP contribution in [0.2, 0.25) is 0 Å². The van der Waals surface area contributed by atoms with Gasteiger partial charge in [0.05, 0.1) is 6.04 Å². The number of hydrogen-bond acceptors (Lipinski definition) is 3. The van der Waals surface area contributed by atoms with Gasteiger partial charge in [0.1, 0.15) is 0 Å². The first-order valence-electron chi connectivity index (χ1n) is 6.25. The number of likely N-dealkylation sites (N-methyl/N-ethyl adjacent to an activating group) is 1. The fraction of sp³-hybridized carbons (Fsp3) is 0.917. The van der Waals surface area contributed by atoms with Crippen LogP contribution in [0.5, 0.6) is 0 Å². The van der Waals surface area contributed by atoms with E-state index in [9.17, 15) is 4.79 Å². The van der Waals surface area contributed by atoms with Gasteiger partial charge in [0.2, 0.25) is 5.91 Å². The molecule has 4 heteroatoms. The lowest BCUT2D eigenvalue weighted by Gasteiger charge is -2.35. The van der Waals surface area contributed by atoms with E-state index >= 15 is 0 Å². The van der Waals surface area contributed by atoms with Gasteiger partial charge in [-0.3, -0.25) is 9.69 Å². The van der Waals surface area contributed by atoms with Gasteiger partial charge < -0.3 is 10.6 Å². The molecule has 0 aromatic heterocycles. The van der Waals surface area contributed by atoms with Crippen molar-refractivity contribution in [1.82, 2.24) is 15.5 Å². The van der Waals surface area contributed by atoms with Crippen LogP contribution in [0, 0.1) is 0 Å². The summed E-state index contributed by atoms with van der Waals surface area (Å²) in [4.78, 5) is 14.1. The molecule has 0 aromatic carbocycles. The zero-order valence-corrected chi connectivity index (χ0v) is 10.9. The Bertz CT molecular complexity index is 224. The predicted octanol–water partition coefficient (Wildman–Crippen LogP) is 0.583. The average molecular weight is 227 g/mol. The minimum Gasteiger partial charge on any atom is -0.353 e. The standard InChI is InChI=1S/C12H25N3O/c1-9(2)14-12(16)10(3)15(4)11-5-7-13-8-6-11/h9-11,13H,5-8H2,1-4H3,(H,14,16). The summed E-state index contributed by atoms with van der Waals surface area (Å²) in [6, 6.07) is 0.719. The van der Waals surface area contributed by atoms with Crippen LogP contribution in [0.4, 0.5) is 0 Å². The maximum absolute atomic E-state index is 11.9. The van der Waals surface area contributed by atoms with E-state index in [0.717, 1.165) is 25.9 Å². The highest BCUT2D eigenvalue weighted by atomic mass is 16.2. The molecule has 1 heterocycles. The summed E-state index contributed by atoms with van der Waals surface area (Å²) in [5, 5.41) is 6.31. The summed E-state index contributed by atoms with van der Waals surface area (Å²) >= 11 is 0. The number of rotatable bonds is 4. The summed E-state index contributed by atoms with van der Waals surface area (Å²) in [5.74, 6) is 0.135. The first-order chi connectivity index (χ1) is 7.52. The Hall–Kier alpha value is -0.610. The third kappa shape index (κ3) is 3.76. The Morgan fingerprint density at radius 1 is 1.31 bits per heavy atom. The third-order valence-corrected chi connectivity index (χ3v) is 3.31. The number of hydrogen-bond donors (Lipinski definition) is 2. The lowest BCUT2D eigenvalue weighted by molar-refractivity contribution is -0.126. The molecule has 2 N–H and O–H groups in total. The number of piperidine rings is 1. The second-order valence-electron chi connectivity index (χ2n) is 4.99. The Morgan fingerprint density at radius 2 is 1.88 bits per heavy atom. The average Bonchev–Trinajstić information content (AvgIpc) is 2.27. The summed E-state index contributed by atoms with van der Waals surface area (Å²) in [7, 11) is 2.06. The SMILES string of the molecule is CC(C)NC(=O)C(C)N(C)C1CCNCC1. The molecule has 0 radical (unpaired) electrons. The molecule has 0 spiro atoms. The fourth-order valence-corrected chi connectivity index (χ4v) is 2.12. The van der Waals surface area contributed by atoms with E-state index in [4.69, 9.17) is 0 Å². The van der Waals surface area contributed by atoms with Crippen molar-refractivity contribution in [2.45, 2.75) is 51.7 Å². The van der Waals surface area contributed by atoms with Crippen molar-refractivity contribution >= 4 is 5.91 Å². The van der Waals surface area contributed by atoms with E-state index in [1.54, 1.807) is 0 Å². The van der Waals surface area contributed by atoms with Crippen LogP contribution in [-0.4, -0.2) is 49.1 Å². The molecule has 0 saturated carbocycles. The molecule has 1 saturated heterocycles. The molecular formula is C12H25N3O. The highest BCUT2D eigenvalue weighted by Gasteiger charge is 2.25. The number of carbonyl (C=O) groups is 1. The van der Waals surface area contributed by atoms with Crippen LogP contribution in [0.1, 0.15) is 33.6 Å². The predicted molar refractivity (Wildman–Crippen MR) is 66.4 cm³/mol. The van der Waals surface area contributed by atoms with Crippen LogP contribution < -0.4 is 10.6 Å². The van der Waals surface area contributed by atoms with Crippen molar-refractivity contribution in [3.05, 3.63) is 0 Å². The van der Waals surface area contributed by atoms with Crippen LogP contribution in [0.15, 0.2) is 0 Å². The topological polar surface area (TPSA) is 44.4 Å². The van der Waals surface area contributed by atoms with E-state index in [0.29, 0.717) is 6.04 Å². The highest BCUT2D eigenvalue weighted by molar-refractivity contribution is 5.81. The normalized spacial score (nSPS) is 20.1. The summed E-state index contributed by atoms with van der Waals surface area (Å²) in [6.07, 6.45) is 2.27. The Balaban J connectivity index is 2.44. The second-order valence-corrected chi connectivity index (χ2v) is 4.99. The smallest absolute Gasteiger partial charge is 0.237 e. The van der Waals surface area contributed by atoms with Gasteiger partial charge in [0.15, 0.2) is 0 Å². The van der Waals surface area contributed by atoms with E-state index in [-0.39, 0.29) is 18.0 Å². The van der Waals surface area contributed by atoms with Crippen LogP contribution in [-0.2, 0) is 4.79 Å². The molecule has 1 unspecified atom stereocenters. The Labute approximate surface area is 98.8 Å². The number of nitrogens with zero attached hydrogens (tertiary/aromatic N) is 1. The Morgan fingerprint density at radius 3 is 2.38 bits per heavy atom. The zero-order chi connectivity index (χ0) is 12.1. The molecule has 94 valence electrons. The van der Waals surface area contributed by atoms with Gasteiger partial charge in [-0.15, -0.1) is 0 Å². The van der Waals surface area contributed by atoms with Crippen molar-refractivity contribution in [2.75, 3.05) is 20.1 Å². The molecule has 1 fully saturated rings. The largest absolute Gasteiger partial charge is 0.353 e. The van der Waals surface area contributed by atoms with Crippen molar-refractivity contribution < 1.29 is 4.79 Å². The van der Waals surface area contributed by atoms with E-state index < -0.39 is 0 Å². The molecular weight excluding hydrogens is 202 g/mol. The molecule has 1 rings (SSSR count). The molecule has 1 aliphatic heterocycles. The van der Waals surface area contributed by atoms with Crippen LogP contribution in [0.25, 0.3) is 0 Å². The summed E-state index contributed by atoms with van der Waals surface area (Å²) in [6.45, 7) is 8.10. The molecule has 0 aromatic rings. The Kier molecular flexibility index (Phi) is 5.22. The summed E-state index contributed by atoms with van der Waals surface area (Å²) < 4.78 is 0. The molecule has 1 aliphatic rings. The quantitative estimate of drug-likeness (QED) is 0.738. The first kappa shape index (κ1) is 13.5. The maximum Gasteiger partial charge on any atom is 0.237 e. The lowest BCUT2D eigenvalue weighted by atomic mass is 10.0. The molecule has 16 heavy (non-hydrogen) atoms. The van der Waals surface area contributed by atoms with E-state index in [2.05, 4.69) is 22.6 Å². The van der Waals surface area contributed by atoms with Gasteiger partial charge in [-0.25, -0.2) is 0 Å². The van der Waals surface area contributed by atoms with E-state index in [1.165, 1.54) is 0 Å².